The molecule has 4 rings (SSSR count). The third-order valence-electron chi connectivity index (χ3n) is 6.53. The molecule has 0 spiro atoms. The molecule has 0 radical (unpaired) electrons. The Morgan fingerprint density at radius 1 is 0.969 bits per heavy atom. The summed E-state index contributed by atoms with van der Waals surface area (Å²) < 4.78 is 0. The Morgan fingerprint density at radius 2 is 1.69 bits per heavy atom. The molecule has 1 unspecified atom stereocenters. The quantitative estimate of drug-likeness (QED) is 0.483. The Morgan fingerprint density at radius 3 is 2.38 bits per heavy atom. The lowest BCUT2D eigenvalue weighted by molar-refractivity contribution is -0.127. The molecule has 0 bridgehead atoms. The van der Waals surface area contributed by atoms with E-state index in [9.17, 15) is 4.79 Å². The lowest BCUT2D eigenvalue weighted by atomic mass is 9.81. The van der Waals surface area contributed by atoms with Crippen LogP contribution in [0.5, 0.6) is 0 Å². The third kappa shape index (κ3) is 5.54. The van der Waals surface area contributed by atoms with E-state index in [1.807, 2.05) is 54.7 Å². The second kappa shape index (κ2) is 10.4. The van der Waals surface area contributed by atoms with Crippen LogP contribution in [0.3, 0.4) is 0 Å². The summed E-state index contributed by atoms with van der Waals surface area (Å²) in [6, 6.07) is 21.9. The number of nitrogens with zero attached hydrogens (tertiary/aromatic N) is 1. The second-order valence-corrected chi connectivity index (χ2v) is 8.80. The van der Waals surface area contributed by atoms with E-state index in [1.54, 1.807) is 0 Å². The number of nitrogen functional groups attached to an aromatic ring is 1. The van der Waals surface area contributed by atoms with Gasteiger partial charge in [-0.2, -0.15) is 0 Å². The molecular formula is C27H32N4O. The van der Waals surface area contributed by atoms with Crippen molar-refractivity contribution in [1.29, 1.82) is 0 Å². The second-order valence-electron chi connectivity index (χ2n) is 8.80. The normalized spacial score (nSPS) is 19.3. The fourth-order valence-electron chi connectivity index (χ4n) is 4.52. The van der Waals surface area contributed by atoms with E-state index in [-0.39, 0.29) is 17.9 Å². The molecule has 1 aliphatic rings. The van der Waals surface area contributed by atoms with Crippen LogP contribution < -0.4 is 16.8 Å². The van der Waals surface area contributed by atoms with E-state index in [1.165, 1.54) is 5.56 Å². The molecular weight excluding hydrogens is 396 g/mol. The van der Waals surface area contributed by atoms with Crippen LogP contribution in [0, 0.1) is 11.8 Å². The van der Waals surface area contributed by atoms with Gasteiger partial charge in [-0.25, -0.2) is 0 Å². The van der Waals surface area contributed by atoms with E-state index < -0.39 is 0 Å². The van der Waals surface area contributed by atoms with E-state index in [0.29, 0.717) is 18.9 Å². The lowest BCUT2D eigenvalue weighted by Crippen LogP contribution is -2.37. The molecule has 1 amide bonds. The smallest absolute Gasteiger partial charge is 0.223 e. The van der Waals surface area contributed by atoms with E-state index in [4.69, 9.17) is 11.5 Å². The molecule has 0 saturated heterocycles. The number of nitrogens with one attached hydrogen (secondary N) is 1. The predicted octanol–water partition coefficient (Wildman–Crippen LogP) is 4.50. The van der Waals surface area contributed by atoms with E-state index in [2.05, 4.69) is 28.5 Å². The summed E-state index contributed by atoms with van der Waals surface area (Å²) in [7, 11) is 0. The number of anilines is 1. The van der Waals surface area contributed by atoms with Crippen LogP contribution in [0.15, 0.2) is 72.9 Å². The highest BCUT2D eigenvalue weighted by atomic mass is 16.1. The van der Waals surface area contributed by atoms with Crippen molar-refractivity contribution in [3.05, 3.63) is 84.2 Å². The highest BCUT2D eigenvalue weighted by molar-refractivity contribution is 5.79. The van der Waals surface area contributed by atoms with Crippen molar-refractivity contribution in [2.24, 2.45) is 17.6 Å². The summed E-state index contributed by atoms with van der Waals surface area (Å²) >= 11 is 0. The number of carbonyl (C=O) groups excluding carboxylic acids is 1. The Hall–Kier alpha value is -3.18. The molecule has 2 aromatic carbocycles. The van der Waals surface area contributed by atoms with Gasteiger partial charge in [0.15, 0.2) is 0 Å². The number of hydrogen-bond donors (Lipinski definition) is 3. The molecule has 1 heterocycles. The molecule has 1 aromatic heterocycles. The summed E-state index contributed by atoms with van der Waals surface area (Å²) in [5.74, 6) is 0.731. The molecule has 1 aliphatic carbocycles. The minimum atomic E-state index is -0.189. The molecule has 166 valence electrons. The number of amides is 1. The fourth-order valence-corrected chi connectivity index (χ4v) is 4.52. The maximum absolute atomic E-state index is 13.2. The summed E-state index contributed by atoms with van der Waals surface area (Å²) in [6.45, 7) is 0.715. The zero-order valence-electron chi connectivity index (χ0n) is 18.4. The average Bonchev–Trinajstić information content (AvgIpc) is 2.85. The molecule has 32 heavy (non-hydrogen) atoms. The first-order valence-electron chi connectivity index (χ1n) is 11.5. The molecule has 1 saturated carbocycles. The standard InChI is InChI=1S/C27H32N4O/c28-18-20-6-8-22(9-7-20)27(32)31-26(16-19-4-2-1-3-5-19)25-17-23(14-15-30-25)21-10-12-24(29)13-11-21/h1-5,10-15,17,20,22,26H,6-9,16,18,28-29H2,(H,31,32). The number of carbonyl (C=O) groups is 1. The van der Waals surface area contributed by atoms with E-state index in [0.717, 1.165) is 48.2 Å². The van der Waals surface area contributed by atoms with Gasteiger partial charge in [0.2, 0.25) is 5.91 Å². The maximum atomic E-state index is 13.2. The first kappa shape index (κ1) is 22.0. The van der Waals surface area contributed by atoms with E-state index >= 15 is 0 Å². The Kier molecular flexibility index (Phi) is 7.17. The molecule has 5 nitrogen and oxygen atoms in total. The van der Waals surface area contributed by atoms with Crippen molar-refractivity contribution < 1.29 is 4.79 Å². The monoisotopic (exact) mass is 428 g/mol. The van der Waals surface area contributed by atoms with Gasteiger partial charge in [-0.1, -0.05) is 42.5 Å². The predicted molar refractivity (Wildman–Crippen MR) is 130 cm³/mol. The maximum Gasteiger partial charge on any atom is 0.223 e. The Balaban J connectivity index is 1.56. The first-order chi connectivity index (χ1) is 15.6. The number of nitrogens with two attached hydrogens (primary N) is 2. The molecule has 1 fully saturated rings. The largest absolute Gasteiger partial charge is 0.399 e. The Bertz CT molecular complexity index is 1010. The number of benzene rings is 2. The van der Waals surface area contributed by atoms with Crippen LogP contribution in [0.2, 0.25) is 0 Å². The van der Waals surface area contributed by atoms with Gasteiger partial charge in [0.05, 0.1) is 11.7 Å². The summed E-state index contributed by atoms with van der Waals surface area (Å²) in [5.41, 5.74) is 16.6. The van der Waals surface area contributed by atoms with Gasteiger partial charge in [0.1, 0.15) is 0 Å². The van der Waals surface area contributed by atoms with Gasteiger partial charge < -0.3 is 16.8 Å². The van der Waals surface area contributed by atoms with Crippen LogP contribution >= 0.6 is 0 Å². The minimum Gasteiger partial charge on any atom is -0.399 e. The molecule has 5 heteroatoms. The zero-order chi connectivity index (χ0) is 22.3. The lowest BCUT2D eigenvalue weighted by Gasteiger charge is -2.28. The van der Waals surface area contributed by atoms with Crippen LogP contribution in [-0.4, -0.2) is 17.4 Å². The molecule has 3 aromatic rings. The van der Waals surface area contributed by atoms with Gasteiger partial charge in [-0.05, 0) is 85.5 Å². The van der Waals surface area contributed by atoms with Crippen LogP contribution in [-0.2, 0) is 11.2 Å². The van der Waals surface area contributed by atoms with Crippen molar-refractivity contribution in [3.8, 4) is 11.1 Å². The number of rotatable bonds is 7. The minimum absolute atomic E-state index is 0.0522. The van der Waals surface area contributed by atoms with Gasteiger partial charge in [0, 0.05) is 17.8 Å². The van der Waals surface area contributed by atoms with Crippen LogP contribution in [0.1, 0.15) is 43.0 Å². The zero-order valence-corrected chi connectivity index (χ0v) is 18.4. The molecule has 5 N–H and O–H groups in total. The molecule has 1 atom stereocenters. The average molecular weight is 429 g/mol. The van der Waals surface area contributed by atoms with Gasteiger partial charge in [0.25, 0.3) is 0 Å². The molecule has 0 aliphatic heterocycles. The third-order valence-corrected chi connectivity index (χ3v) is 6.53. The first-order valence-corrected chi connectivity index (χ1v) is 11.5. The summed E-state index contributed by atoms with van der Waals surface area (Å²) in [5, 5.41) is 3.32. The SMILES string of the molecule is NCC1CCC(C(=O)NC(Cc2ccccc2)c2cc(-c3ccc(N)cc3)ccn2)CC1. The summed E-state index contributed by atoms with van der Waals surface area (Å²) in [4.78, 5) is 17.8. The number of aromatic nitrogens is 1. The van der Waals surface area contributed by atoms with Crippen LogP contribution in [0.4, 0.5) is 5.69 Å². The van der Waals surface area contributed by atoms with Crippen molar-refractivity contribution in [1.82, 2.24) is 10.3 Å². The highest BCUT2D eigenvalue weighted by Crippen LogP contribution is 2.30. The summed E-state index contributed by atoms with van der Waals surface area (Å²) in [6.07, 6.45) is 6.39. The topological polar surface area (TPSA) is 94.0 Å². The van der Waals surface area contributed by atoms with Gasteiger partial charge >= 0.3 is 0 Å². The number of hydrogen-bond acceptors (Lipinski definition) is 4. The Labute approximate surface area is 190 Å². The van der Waals surface area contributed by atoms with Gasteiger partial charge in [-0.3, -0.25) is 9.78 Å². The van der Waals surface area contributed by atoms with Crippen molar-refractivity contribution >= 4 is 11.6 Å². The van der Waals surface area contributed by atoms with Crippen molar-refractivity contribution in [2.45, 2.75) is 38.1 Å². The highest BCUT2D eigenvalue weighted by Gasteiger charge is 2.28. The van der Waals surface area contributed by atoms with Gasteiger partial charge in [-0.15, -0.1) is 0 Å². The van der Waals surface area contributed by atoms with Crippen LogP contribution in [0.25, 0.3) is 11.1 Å². The number of pyridine rings is 1. The fraction of sp³-hybridized carbons (Fsp3) is 0.333. The van der Waals surface area contributed by atoms with Crippen molar-refractivity contribution in [3.63, 3.8) is 0 Å². The van der Waals surface area contributed by atoms with Crippen molar-refractivity contribution in [2.75, 3.05) is 12.3 Å².